The molecule has 2 unspecified atom stereocenters. The Kier molecular flexibility index (Phi) is 6.64. The third kappa shape index (κ3) is 3.75. The number of carbonyl (C=O) groups is 3. The second-order valence-electron chi connectivity index (χ2n) is 9.39. The van der Waals surface area contributed by atoms with Crippen molar-refractivity contribution in [2.24, 2.45) is 11.8 Å². The Labute approximate surface area is 199 Å². The maximum atomic E-state index is 14.0. The number of rotatable bonds is 10. The van der Waals surface area contributed by atoms with Gasteiger partial charge in [-0.05, 0) is 25.3 Å². The van der Waals surface area contributed by atoms with E-state index in [-0.39, 0.29) is 38.1 Å². The van der Waals surface area contributed by atoms with Crippen LogP contribution in [0.4, 0.5) is 0 Å². The van der Waals surface area contributed by atoms with Crippen LogP contribution in [0.15, 0.2) is 55.6 Å². The van der Waals surface area contributed by atoms with Crippen molar-refractivity contribution in [3.8, 4) is 0 Å². The summed E-state index contributed by atoms with van der Waals surface area (Å²) >= 11 is 0. The molecule has 8 nitrogen and oxygen atoms in total. The molecule has 2 bridgehead atoms. The first-order valence-corrected chi connectivity index (χ1v) is 11.7. The lowest BCUT2D eigenvalue weighted by atomic mass is 9.66. The van der Waals surface area contributed by atoms with Gasteiger partial charge in [0, 0.05) is 19.6 Å². The molecule has 5 atom stereocenters. The van der Waals surface area contributed by atoms with E-state index in [0.29, 0.717) is 19.4 Å². The summed E-state index contributed by atoms with van der Waals surface area (Å²) in [5.41, 5.74) is -1.10. The van der Waals surface area contributed by atoms with Gasteiger partial charge in [0.25, 0.3) is 0 Å². The van der Waals surface area contributed by atoms with Crippen LogP contribution in [-0.4, -0.2) is 76.2 Å². The number of likely N-dealkylation sites (tertiary alicyclic amines) is 1. The van der Waals surface area contributed by atoms with Crippen LogP contribution in [0.2, 0.25) is 0 Å². The minimum atomic E-state index is -1.15. The van der Waals surface area contributed by atoms with Gasteiger partial charge in [-0.3, -0.25) is 14.4 Å². The number of fused-ring (bicyclic) bond motifs is 1. The molecule has 0 radical (unpaired) electrons. The predicted molar refractivity (Wildman–Crippen MR) is 124 cm³/mol. The normalized spacial score (nSPS) is 31.3. The molecule has 3 saturated heterocycles. The third-order valence-corrected chi connectivity index (χ3v) is 7.33. The van der Waals surface area contributed by atoms with Crippen LogP contribution >= 0.6 is 0 Å². The molecule has 2 amide bonds. The molecule has 1 N–H and O–H groups in total. The zero-order valence-corrected chi connectivity index (χ0v) is 19.5. The van der Waals surface area contributed by atoms with E-state index in [2.05, 4.69) is 13.2 Å². The molecule has 4 rings (SSSR count). The fraction of sp³-hybridized carbons (Fsp3) is 0.500. The molecule has 8 heteroatoms. The number of benzene rings is 1. The van der Waals surface area contributed by atoms with Gasteiger partial charge in [-0.1, -0.05) is 49.1 Å². The summed E-state index contributed by atoms with van der Waals surface area (Å²) in [6.45, 7) is 9.52. The Balaban J connectivity index is 1.72. The van der Waals surface area contributed by atoms with Crippen molar-refractivity contribution in [1.29, 1.82) is 0 Å². The zero-order chi connectivity index (χ0) is 24.5. The van der Waals surface area contributed by atoms with Crippen LogP contribution in [0.1, 0.15) is 25.3 Å². The molecule has 0 aliphatic carbocycles. The first-order chi connectivity index (χ1) is 16.3. The maximum absolute atomic E-state index is 14.0. The minimum Gasteiger partial charge on any atom is -0.461 e. The number of hydrogen-bond donors (Lipinski definition) is 1. The molecule has 1 aromatic carbocycles. The van der Waals surface area contributed by atoms with Crippen molar-refractivity contribution >= 4 is 17.8 Å². The first-order valence-electron chi connectivity index (χ1n) is 11.7. The summed E-state index contributed by atoms with van der Waals surface area (Å²) in [5.74, 6) is -2.82. The molecule has 3 aliphatic rings. The summed E-state index contributed by atoms with van der Waals surface area (Å²) in [4.78, 5) is 43.8. The Bertz CT molecular complexity index is 981. The maximum Gasteiger partial charge on any atom is 0.313 e. The molecule has 0 saturated carbocycles. The van der Waals surface area contributed by atoms with E-state index in [1.54, 1.807) is 11.0 Å². The third-order valence-electron chi connectivity index (χ3n) is 7.33. The quantitative estimate of drug-likeness (QED) is 0.415. The fourth-order valence-corrected chi connectivity index (χ4v) is 6.01. The largest absolute Gasteiger partial charge is 0.461 e. The fourth-order valence-electron chi connectivity index (χ4n) is 6.01. The second kappa shape index (κ2) is 9.35. The number of amides is 2. The van der Waals surface area contributed by atoms with Gasteiger partial charge in [-0.25, -0.2) is 0 Å². The van der Waals surface area contributed by atoms with E-state index in [9.17, 15) is 19.5 Å². The highest BCUT2D eigenvalue weighted by atomic mass is 16.6. The van der Waals surface area contributed by atoms with Crippen molar-refractivity contribution in [1.82, 2.24) is 9.80 Å². The van der Waals surface area contributed by atoms with Gasteiger partial charge >= 0.3 is 5.97 Å². The molecule has 1 spiro atoms. The van der Waals surface area contributed by atoms with Crippen molar-refractivity contribution in [3.05, 3.63) is 61.2 Å². The second-order valence-corrected chi connectivity index (χ2v) is 9.39. The lowest BCUT2D eigenvalue weighted by Crippen LogP contribution is -2.56. The van der Waals surface area contributed by atoms with Gasteiger partial charge in [0.15, 0.2) is 0 Å². The SMILES string of the molecule is C=CCOC(=O)[C@H]1[C@H]2C(=O)N(CCO)C(C(=O)N(CC=C)Cc3ccccc3)C23CC[C@]1(C)O3. The van der Waals surface area contributed by atoms with Crippen LogP contribution < -0.4 is 0 Å². The smallest absolute Gasteiger partial charge is 0.313 e. The van der Waals surface area contributed by atoms with Crippen LogP contribution in [-0.2, 0) is 30.4 Å². The number of esters is 1. The molecule has 1 aromatic rings. The van der Waals surface area contributed by atoms with E-state index >= 15 is 0 Å². The molecule has 3 aliphatic heterocycles. The Morgan fingerprint density at radius 1 is 1.26 bits per heavy atom. The number of hydrogen-bond acceptors (Lipinski definition) is 6. The standard InChI is InChI=1S/C26H32N2O6/c1-4-13-27(17-18-9-7-6-8-10-18)23(31)21-26-12-11-25(3,34-26)20(24(32)33-16-5-2)19(26)22(30)28(21)14-15-29/h4-10,19-21,29H,1-2,11-17H2,3H3/t19-,20+,21?,25-,26?/m0/s1. The van der Waals surface area contributed by atoms with Gasteiger partial charge in [0.2, 0.25) is 11.8 Å². The zero-order valence-electron chi connectivity index (χ0n) is 19.5. The lowest BCUT2D eigenvalue weighted by Gasteiger charge is -2.36. The predicted octanol–water partition coefficient (Wildman–Crippen LogP) is 1.69. The summed E-state index contributed by atoms with van der Waals surface area (Å²) in [6.07, 6.45) is 4.12. The molecule has 3 fully saturated rings. The summed E-state index contributed by atoms with van der Waals surface area (Å²) in [5, 5.41) is 9.71. The monoisotopic (exact) mass is 468 g/mol. The van der Waals surface area contributed by atoms with E-state index < -0.39 is 35.0 Å². The van der Waals surface area contributed by atoms with Gasteiger partial charge in [-0.15, -0.1) is 6.58 Å². The number of ether oxygens (including phenoxy) is 2. The van der Waals surface area contributed by atoms with Crippen molar-refractivity contribution in [3.63, 3.8) is 0 Å². The van der Waals surface area contributed by atoms with Gasteiger partial charge < -0.3 is 24.4 Å². The minimum absolute atomic E-state index is 0.0186. The van der Waals surface area contributed by atoms with Crippen LogP contribution in [0.5, 0.6) is 0 Å². The van der Waals surface area contributed by atoms with E-state index in [0.717, 1.165) is 5.56 Å². The number of aliphatic hydroxyl groups is 1. The highest BCUT2D eigenvalue weighted by Crippen LogP contribution is 2.63. The van der Waals surface area contributed by atoms with Crippen molar-refractivity contribution < 1.29 is 29.0 Å². The summed E-state index contributed by atoms with van der Waals surface area (Å²) < 4.78 is 11.8. The van der Waals surface area contributed by atoms with Gasteiger partial charge in [0.05, 0.1) is 18.1 Å². The number of nitrogens with zero attached hydrogens (tertiary/aromatic N) is 2. The Morgan fingerprint density at radius 2 is 2.00 bits per heavy atom. The molecule has 182 valence electrons. The first kappa shape index (κ1) is 24.2. The summed E-state index contributed by atoms with van der Waals surface area (Å²) in [7, 11) is 0. The highest BCUT2D eigenvalue weighted by molar-refractivity contribution is 5.98. The van der Waals surface area contributed by atoms with Crippen LogP contribution in [0.3, 0.4) is 0 Å². The average molecular weight is 469 g/mol. The molecule has 0 aromatic heterocycles. The summed E-state index contributed by atoms with van der Waals surface area (Å²) in [6, 6.07) is 8.63. The van der Waals surface area contributed by atoms with E-state index in [1.807, 2.05) is 37.3 Å². The number of carbonyl (C=O) groups excluding carboxylic acids is 3. The average Bonchev–Trinajstić information content (AvgIpc) is 3.39. The van der Waals surface area contributed by atoms with Crippen molar-refractivity contribution in [2.45, 2.75) is 43.6 Å². The van der Waals surface area contributed by atoms with E-state index in [1.165, 1.54) is 11.0 Å². The number of β-amino-alcohol motifs (C(OH)–C–C–N with tert-alkyl or cyclic N) is 1. The Hall–Kier alpha value is -2.97. The van der Waals surface area contributed by atoms with Gasteiger partial charge in [-0.2, -0.15) is 0 Å². The molecule has 34 heavy (non-hydrogen) atoms. The van der Waals surface area contributed by atoms with Crippen LogP contribution in [0.25, 0.3) is 0 Å². The molecular weight excluding hydrogens is 436 g/mol. The Morgan fingerprint density at radius 3 is 2.65 bits per heavy atom. The highest BCUT2D eigenvalue weighted by Gasteiger charge is 2.78. The molecule has 3 heterocycles. The number of aliphatic hydroxyl groups excluding tert-OH is 1. The lowest BCUT2D eigenvalue weighted by molar-refractivity contribution is -0.159. The van der Waals surface area contributed by atoms with Crippen LogP contribution in [0, 0.1) is 11.8 Å². The topological polar surface area (TPSA) is 96.4 Å². The van der Waals surface area contributed by atoms with Gasteiger partial charge in [0.1, 0.15) is 24.2 Å². The van der Waals surface area contributed by atoms with E-state index in [4.69, 9.17) is 9.47 Å². The molecular formula is C26H32N2O6. The van der Waals surface area contributed by atoms with Crippen molar-refractivity contribution in [2.75, 3.05) is 26.3 Å².